The van der Waals surface area contributed by atoms with Crippen LogP contribution in [0.5, 0.6) is 5.75 Å². The fourth-order valence-electron chi connectivity index (χ4n) is 1.29. The Kier molecular flexibility index (Phi) is 3.59. The van der Waals surface area contributed by atoms with E-state index in [0.717, 1.165) is 0 Å². The minimum Gasteiger partial charge on any atom is -0.419 e. The largest absolute Gasteiger partial charge is 0.419 e. The van der Waals surface area contributed by atoms with Crippen molar-refractivity contribution in [3.63, 3.8) is 0 Å². The van der Waals surface area contributed by atoms with Gasteiger partial charge in [0, 0.05) is 0 Å². The summed E-state index contributed by atoms with van der Waals surface area (Å²) in [5.41, 5.74) is 0.474. The van der Waals surface area contributed by atoms with Crippen LogP contribution in [0.1, 0.15) is 0 Å². The van der Waals surface area contributed by atoms with Gasteiger partial charge in [-0.25, -0.2) is 0 Å². The summed E-state index contributed by atoms with van der Waals surface area (Å²) >= 11 is 0. The van der Waals surface area contributed by atoms with E-state index in [9.17, 15) is 9.79 Å². The van der Waals surface area contributed by atoms with Crippen LogP contribution in [0.4, 0.5) is 5.69 Å². The number of rotatable bonds is 3. The van der Waals surface area contributed by atoms with Crippen molar-refractivity contribution in [2.24, 2.45) is 4.74 Å². The molecule has 0 aliphatic heterocycles. The SMILES string of the molecule is OP(O)(=Nc1ccccc1)Oc1ccccc1. The lowest BCUT2D eigenvalue weighted by atomic mass is 10.3. The van der Waals surface area contributed by atoms with Crippen molar-refractivity contribution in [3.8, 4) is 5.75 Å². The first-order chi connectivity index (χ1) is 8.16. The van der Waals surface area contributed by atoms with Crippen LogP contribution in [-0.4, -0.2) is 9.79 Å². The lowest BCUT2D eigenvalue weighted by molar-refractivity contribution is 0.357. The van der Waals surface area contributed by atoms with E-state index >= 15 is 0 Å². The van der Waals surface area contributed by atoms with E-state index in [4.69, 9.17) is 4.52 Å². The van der Waals surface area contributed by atoms with Gasteiger partial charge < -0.3 is 14.3 Å². The Morgan fingerprint density at radius 2 is 1.35 bits per heavy atom. The molecule has 88 valence electrons. The molecule has 0 spiro atoms. The molecule has 0 saturated carbocycles. The molecule has 0 atom stereocenters. The van der Waals surface area contributed by atoms with Gasteiger partial charge >= 0.3 is 7.74 Å². The average Bonchev–Trinajstić information content (AvgIpc) is 2.30. The van der Waals surface area contributed by atoms with E-state index in [1.165, 1.54) is 0 Å². The summed E-state index contributed by atoms with van der Waals surface area (Å²) in [7, 11) is -3.76. The highest BCUT2D eigenvalue weighted by atomic mass is 31.2. The predicted molar refractivity (Wildman–Crippen MR) is 67.0 cm³/mol. The highest BCUT2D eigenvalue weighted by Crippen LogP contribution is 2.44. The van der Waals surface area contributed by atoms with Gasteiger partial charge in [-0.1, -0.05) is 36.4 Å². The predicted octanol–water partition coefficient (Wildman–Crippen LogP) is 3.33. The van der Waals surface area contributed by atoms with Gasteiger partial charge in [-0.2, -0.15) is 4.74 Å². The smallest absolute Gasteiger partial charge is 0.410 e. The quantitative estimate of drug-likeness (QED) is 0.820. The van der Waals surface area contributed by atoms with Crippen LogP contribution >= 0.6 is 7.74 Å². The molecule has 0 aliphatic carbocycles. The number of para-hydroxylation sites is 1. The maximum Gasteiger partial charge on any atom is 0.410 e. The monoisotopic (exact) mass is 249 g/mol. The Balaban J connectivity index is 2.22. The van der Waals surface area contributed by atoms with Crippen molar-refractivity contribution in [3.05, 3.63) is 60.7 Å². The molecular formula is C12H12NO3P. The van der Waals surface area contributed by atoms with Crippen molar-refractivity contribution in [1.82, 2.24) is 0 Å². The topological polar surface area (TPSA) is 62.0 Å². The third-order valence-corrected chi connectivity index (χ3v) is 2.92. The third-order valence-electron chi connectivity index (χ3n) is 1.97. The molecule has 2 aromatic carbocycles. The number of hydrogen-bond donors (Lipinski definition) is 2. The zero-order chi connectivity index (χ0) is 12.1. The van der Waals surface area contributed by atoms with Crippen molar-refractivity contribution in [2.45, 2.75) is 0 Å². The van der Waals surface area contributed by atoms with Crippen LogP contribution < -0.4 is 4.52 Å². The first kappa shape index (κ1) is 11.9. The molecule has 0 unspecified atom stereocenters. The normalized spacial score (nSPS) is 10.9. The number of hydrogen-bond acceptors (Lipinski definition) is 2. The first-order valence-corrected chi connectivity index (χ1v) is 6.60. The highest BCUT2D eigenvalue weighted by molar-refractivity contribution is 7.49. The van der Waals surface area contributed by atoms with E-state index in [-0.39, 0.29) is 0 Å². The molecule has 2 aromatic rings. The molecule has 0 aliphatic rings. The average molecular weight is 249 g/mol. The van der Waals surface area contributed by atoms with Crippen LogP contribution in [0.25, 0.3) is 0 Å². The molecule has 2 rings (SSSR count). The van der Waals surface area contributed by atoms with Gasteiger partial charge in [0.05, 0.1) is 5.69 Å². The molecule has 0 fully saturated rings. The lowest BCUT2D eigenvalue weighted by Crippen LogP contribution is -1.90. The molecule has 0 amide bonds. The first-order valence-electron chi connectivity index (χ1n) is 5.03. The Morgan fingerprint density at radius 1 is 0.824 bits per heavy atom. The summed E-state index contributed by atoms with van der Waals surface area (Å²) in [6, 6.07) is 17.3. The van der Waals surface area contributed by atoms with Gasteiger partial charge in [0.25, 0.3) is 0 Å². The molecule has 17 heavy (non-hydrogen) atoms. The maximum atomic E-state index is 9.70. The minimum absolute atomic E-state index is 0.380. The highest BCUT2D eigenvalue weighted by Gasteiger charge is 2.14. The number of benzene rings is 2. The van der Waals surface area contributed by atoms with Crippen molar-refractivity contribution in [2.75, 3.05) is 0 Å². The molecule has 4 nitrogen and oxygen atoms in total. The molecule has 2 N–H and O–H groups in total. The molecule has 0 heterocycles. The molecule has 0 bridgehead atoms. The minimum atomic E-state index is -3.76. The van der Waals surface area contributed by atoms with Crippen molar-refractivity contribution < 1.29 is 14.3 Å². The van der Waals surface area contributed by atoms with Crippen LogP contribution in [-0.2, 0) is 0 Å². The third kappa shape index (κ3) is 3.71. The molecule has 0 radical (unpaired) electrons. The summed E-state index contributed by atoms with van der Waals surface area (Å²) < 4.78 is 8.85. The second-order valence-corrected chi connectivity index (χ2v) is 4.76. The van der Waals surface area contributed by atoms with Gasteiger partial charge in [0.1, 0.15) is 5.75 Å². The summed E-state index contributed by atoms with van der Waals surface area (Å²) in [4.78, 5) is 19.4. The summed E-state index contributed by atoms with van der Waals surface area (Å²) in [5.74, 6) is 0.380. The Hall–Kier alpha value is -1.61. The van der Waals surface area contributed by atoms with E-state index in [1.807, 2.05) is 12.1 Å². The van der Waals surface area contributed by atoms with E-state index in [2.05, 4.69) is 4.74 Å². The molecule has 0 aromatic heterocycles. The summed E-state index contributed by atoms with van der Waals surface area (Å²) in [6.45, 7) is 0. The van der Waals surface area contributed by atoms with Gasteiger partial charge in [0.2, 0.25) is 0 Å². The maximum absolute atomic E-state index is 9.70. The number of nitrogens with zero attached hydrogens (tertiary/aromatic N) is 1. The van der Waals surface area contributed by atoms with Crippen LogP contribution in [0.3, 0.4) is 0 Å². The second-order valence-electron chi connectivity index (χ2n) is 3.35. The summed E-state index contributed by atoms with van der Waals surface area (Å²) in [6.07, 6.45) is 0. The zero-order valence-corrected chi connectivity index (χ0v) is 9.87. The molecule has 5 heteroatoms. The fraction of sp³-hybridized carbons (Fsp3) is 0. The van der Waals surface area contributed by atoms with Gasteiger partial charge in [-0.3, -0.25) is 0 Å². The van der Waals surface area contributed by atoms with Crippen LogP contribution in [0, 0.1) is 0 Å². The van der Waals surface area contributed by atoms with E-state index in [1.54, 1.807) is 48.5 Å². The van der Waals surface area contributed by atoms with Gasteiger partial charge in [0.15, 0.2) is 0 Å². The van der Waals surface area contributed by atoms with Crippen molar-refractivity contribution in [1.29, 1.82) is 0 Å². The fourth-order valence-corrected chi connectivity index (χ4v) is 2.17. The standard InChI is InChI=1S/C12H12NO3P/c14-17(15,13-11-7-3-1-4-8-11)16-12-9-5-2-6-10-12/h1-10,14-15H. The zero-order valence-electron chi connectivity index (χ0n) is 8.97. The van der Waals surface area contributed by atoms with E-state index in [0.29, 0.717) is 11.4 Å². The van der Waals surface area contributed by atoms with Crippen LogP contribution in [0.15, 0.2) is 65.4 Å². The lowest BCUT2D eigenvalue weighted by Gasteiger charge is -2.12. The van der Waals surface area contributed by atoms with E-state index < -0.39 is 7.74 Å². The second kappa shape index (κ2) is 5.15. The van der Waals surface area contributed by atoms with Crippen molar-refractivity contribution >= 4 is 13.4 Å². The summed E-state index contributed by atoms with van der Waals surface area (Å²) in [5, 5.41) is 0. The Bertz CT molecular complexity index is 522. The Morgan fingerprint density at radius 3 is 1.94 bits per heavy atom. The Labute approximate surface area is 99.4 Å². The van der Waals surface area contributed by atoms with Crippen LogP contribution in [0.2, 0.25) is 0 Å². The van der Waals surface area contributed by atoms with Gasteiger partial charge in [-0.15, -0.1) is 0 Å². The molecule has 0 saturated heterocycles. The molecular weight excluding hydrogens is 237 g/mol. The van der Waals surface area contributed by atoms with Gasteiger partial charge in [-0.05, 0) is 24.3 Å².